The predicted molar refractivity (Wildman–Crippen MR) is 68.2 cm³/mol. The zero-order chi connectivity index (χ0) is 13.3. The smallest absolute Gasteiger partial charge is 0.276 e. The summed E-state index contributed by atoms with van der Waals surface area (Å²) in [7, 11) is 0. The number of nitrogens with two attached hydrogens (primary N) is 1. The molecule has 1 heterocycles. The number of carbonyl (C=O) groups excluding carboxylic acids is 1. The molecule has 0 radical (unpaired) electrons. The largest absolute Gasteiger partial charge is 0.395 e. The van der Waals surface area contributed by atoms with Crippen LogP contribution in [0.3, 0.4) is 0 Å². The Bertz CT molecular complexity index is 437. The molecule has 1 aliphatic rings. The molecule has 6 nitrogen and oxygen atoms in total. The maximum absolute atomic E-state index is 12.3. The minimum absolute atomic E-state index is 0.00475. The second kappa shape index (κ2) is 4.97. The van der Waals surface area contributed by atoms with Crippen molar-refractivity contribution in [3.8, 4) is 0 Å². The number of carbonyl (C=O) groups is 1. The van der Waals surface area contributed by atoms with E-state index in [4.69, 9.17) is 10.8 Å². The average molecular weight is 252 g/mol. The van der Waals surface area contributed by atoms with Gasteiger partial charge in [-0.1, -0.05) is 0 Å². The Labute approximate surface area is 106 Å². The Kier molecular flexibility index (Phi) is 3.56. The first-order chi connectivity index (χ1) is 8.56. The number of rotatable bonds is 5. The van der Waals surface area contributed by atoms with E-state index >= 15 is 0 Å². The van der Waals surface area contributed by atoms with Gasteiger partial charge in [-0.2, -0.15) is 5.10 Å². The van der Waals surface area contributed by atoms with Crippen LogP contribution in [0.25, 0.3) is 0 Å². The SMILES string of the molecule is CC(C)N(CCO)C(=O)c1n[nH]c(C2CC2)c1N. The first-order valence-corrected chi connectivity index (χ1v) is 6.31. The van der Waals surface area contributed by atoms with Gasteiger partial charge in [-0.3, -0.25) is 9.89 Å². The van der Waals surface area contributed by atoms with Gasteiger partial charge in [0.05, 0.1) is 18.0 Å². The van der Waals surface area contributed by atoms with Gasteiger partial charge in [0.2, 0.25) is 0 Å². The van der Waals surface area contributed by atoms with E-state index in [1.165, 1.54) is 0 Å². The third-order valence-corrected chi connectivity index (χ3v) is 3.25. The molecule has 0 bridgehead atoms. The van der Waals surface area contributed by atoms with Crippen LogP contribution in [-0.2, 0) is 0 Å². The lowest BCUT2D eigenvalue weighted by Gasteiger charge is -2.25. The van der Waals surface area contributed by atoms with E-state index in [-0.39, 0.29) is 24.2 Å². The molecule has 1 aliphatic carbocycles. The van der Waals surface area contributed by atoms with Crippen LogP contribution in [0.5, 0.6) is 0 Å². The maximum Gasteiger partial charge on any atom is 0.276 e. The van der Waals surface area contributed by atoms with Crippen molar-refractivity contribution in [1.82, 2.24) is 15.1 Å². The standard InChI is InChI=1S/C12H20N4O2/c1-7(2)16(5-6-17)12(18)11-9(13)10(14-15-11)8-3-4-8/h7-8,17H,3-6,13H2,1-2H3,(H,14,15). The molecule has 100 valence electrons. The van der Waals surface area contributed by atoms with E-state index in [0.29, 0.717) is 18.2 Å². The number of anilines is 1. The van der Waals surface area contributed by atoms with Gasteiger partial charge < -0.3 is 15.7 Å². The van der Waals surface area contributed by atoms with Crippen LogP contribution in [0.15, 0.2) is 0 Å². The number of nitrogens with zero attached hydrogens (tertiary/aromatic N) is 2. The molecule has 0 aromatic carbocycles. The van der Waals surface area contributed by atoms with E-state index in [9.17, 15) is 4.79 Å². The Balaban J connectivity index is 2.21. The van der Waals surface area contributed by atoms with Crippen molar-refractivity contribution in [3.63, 3.8) is 0 Å². The average Bonchev–Trinajstić information content (AvgIpc) is 3.09. The van der Waals surface area contributed by atoms with Crippen LogP contribution in [0.1, 0.15) is 48.8 Å². The summed E-state index contributed by atoms with van der Waals surface area (Å²) in [6, 6.07) is 0.00475. The van der Waals surface area contributed by atoms with Gasteiger partial charge in [-0.25, -0.2) is 0 Å². The molecule has 1 aromatic rings. The number of amides is 1. The molecule has 0 aliphatic heterocycles. The molecule has 0 atom stereocenters. The number of hydrogen-bond donors (Lipinski definition) is 3. The zero-order valence-electron chi connectivity index (χ0n) is 10.8. The van der Waals surface area contributed by atoms with Gasteiger partial charge in [0.15, 0.2) is 5.69 Å². The predicted octanol–water partition coefficient (Wildman–Crippen LogP) is 0.712. The lowest BCUT2D eigenvalue weighted by Crippen LogP contribution is -2.39. The van der Waals surface area contributed by atoms with Crippen LogP contribution < -0.4 is 5.73 Å². The van der Waals surface area contributed by atoms with Gasteiger partial charge in [0, 0.05) is 18.5 Å². The highest BCUT2D eigenvalue weighted by atomic mass is 16.3. The molecule has 1 amide bonds. The lowest BCUT2D eigenvalue weighted by molar-refractivity contribution is 0.0660. The van der Waals surface area contributed by atoms with Crippen LogP contribution >= 0.6 is 0 Å². The molecule has 4 N–H and O–H groups in total. The summed E-state index contributed by atoms with van der Waals surface area (Å²) in [5.74, 6) is 0.212. The van der Waals surface area contributed by atoms with Crippen LogP contribution in [-0.4, -0.2) is 45.3 Å². The van der Waals surface area contributed by atoms with Crippen molar-refractivity contribution in [2.45, 2.75) is 38.6 Å². The third-order valence-electron chi connectivity index (χ3n) is 3.25. The van der Waals surface area contributed by atoms with Crippen LogP contribution in [0, 0.1) is 0 Å². The summed E-state index contributed by atoms with van der Waals surface area (Å²) in [5, 5.41) is 15.9. The van der Waals surface area contributed by atoms with Gasteiger partial charge in [0.1, 0.15) is 0 Å². The van der Waals surface area contributed by atoms with Crippen molar-refractivity contribution < 1.29 is 9.90 Å². The fraction of sp³-hybridized carbons (Fsp3) is 0.667. The van der Waals surface area contributed by atoms with Gasteiger partial charge in [0.25, 0.3) is 5.91 Å². The van der Waals surface area contributed by atoms with E-state index in [1.54, 1.807) is 4.90 Å². The van der Waals surface area contributed by atoms with Crippen molar-refractivity contribution >= 4 is 11.6 Å². The number of aliphatic hydroxyl groups excluding tert-OH is 1. The molecule has 1 aromatic heterocycles. The summed E-state index contributed by atoms with van der Waals surface area (Å²) in [5.41, 5.74) is 7.60. The Morgan fingerprint density at radius 3 is 2.78 bits per heavy atom. The van der Waals surface area contributed by atoms with E-state index in [0.717, 1.165) is 18.5 Å². The Morgan fingerprint density at radius 2 is 2.28 bits per heavy atom. The molecule has 0 saturated heterocycles. The highest BCUT2D eigenvalue weighted by Crippen LogP contribution is 2.42. The van der Waals surface area contributed by atoms with E-state index in [2.05, 4.69) is 10.2 Å². The topological polar surface area (TPSA) is 95.2 Å². The van der Waals surface area contributed by atoms with Crippen LogP contribution in [0.2, 0.25) is 0 Å². The molecular weight excluding hydrogens is 232 g/mol. The number of nitrogens with one attached hydrogen (secondary N) is 1. The monoisotopic (exact) mass is 252 g/mol. The number of aromatic nitrogens is 2. The highest BCUT2D eigenvalue weighted by Gasteiger charge is 2.31. The summed E-state index contributed by atoms with van der Waals surface area (Å²) >= 11 is 0. The van der Waals surface area contributed by atoms with Crippen molar-refractivity contribution in [2.24, 2.45) is 0 Å². The fourth-order valence-corrected chi connectivity index (χ4v) is 2.05. The second-order valence-electron chi connectivity index (χ2n) is 4.99. The fourth-order valence-electron chi connectivity index (χ4n) is 2.05. The zero-order valence-corrected chi connectivity index (χ0v) is 10.8. The molecule has 1 fully saturated rings. The van der Waals surface area contributed by atoms with Gasteiger partial charge in [-0.15, -0.1) is 0 Å². The highest BCUT2D eigenvalue weighted by molar-refractivity contribution is 5.98. The third kappa shape index (κ3) is 2.33. The quantitative estimate of drug-likeness (QED) is 0.719. The summed E-state index contributed by atoms with van der Waals surface area (Å²) < 4.78 is 0. The minimum Gasteiger partial charge on any atom is -0.395 e. The minimum atomic E-state index is -0.222. The van der Waals surface area contributed by atoms with E-state index < -0.39 is 0 Å². The Hall–Kier alpha value is -1.56. The molecule has 1 saturated carbocycles. The molecule has 18 heavy (non-hydrogen) atoms. The number of aliphatic hydroxyl groups is 1. The van der Waals surface area contributed by atoms with Crippen molar-refractivity contribution in [1.29, 1.82) is 0 Å². The van der Waals surface area contributed by atoms with Crippen molar-refractivity contribution in [3.05, 3.63) is 11.4 Å². The molecule has 0 unspecified atom stereocenters. The number of aromatic amines is 1. The number of nitrogen functional groups attached to an aromatic ring is 1. The van der Waals surface area contributed by atoms with E-state index in [1.807, 2.05) is 13.8 Å². The molecule has 6 heteroatoms. The summed E-state index contributed by atoms with van der Waals surface area (Å²) in [6.07, 6.45) is 2.20. The summed E-state index contributed by atoms with van der Waals surface area (Å²) in [6.45, 7) is 4.03. The second-order valence-corrected chi connectivity index (χ2v) is 4.99. The molecule has 0 spiro atoms. The van der Waals surface area contributed by atoms with Gasteiger partial charge in [-0.05, 0) is 26.7 Å². The maximum atomic E-state index is 12.3. The van der Waals surface area contributed by atoms with Crippen molar-refractivity contribution in [2.75, 3.05) is 18.9 Å². The Morgan fingerprint density at radius 1 is 1.61 bits per heavy atom. The van der Waals surface area contributed by atoms with Crippen LogP contribution in [0.4, 0.5) is 5.69 Å². The van der Waals surface area contributed by atoms with Gasteiger partial charge >= 0.3 is 0 Å². The first-order valence-electron chi connectivity index (χ1n) is 6.31. The lowest BCUT2D eigenvalue weighted by atomic mass is 10.2. The number of hydrogen-bond acceptors (Lipinski definition) is 4. The number of H-pyrrole nitrogens is 1. The first kappa shape index (κ1) is 12.9. The normalized spacial score (nSPS) is 15.1. The molecule has 2 rings (SSSR count). The molecular formula is C12H20N4O2. The summed E-state index contributed by atoms with van der Waals surface area (Å²) in [4.78, 5) is 13.9.